The molecule has 0 aliphatic heterocycles. The van der Waals surface area contributed by atoms with E-state index in [-0.39, 0.29) is 6.54 Å². The largest absolute Gasteiger partial charge is 0.365 e. The third-order valence-corrected chi connectivity index (χ3v) is 2.87. The number of hydrogen-bond acceptors (Lipinski definition) is 3. The SMILES string of the molecule is NCC(OCC(F)F)c1ccc(Cl)s1. The number of nitrogens with two attached hydrogens (primary N) is 1. The van der Waals surface area contributed by atoms with E-state index in [1.165, 1.54) is 11.3 Å². The predicted octanol–water partition coefficient (Wildman–Crippen LogP) is 2.68. The molecule has 2 N–H and O–H groups in total. The van der Waals surface area contributed by atoms with Gasteiger partial charge in [-0.15, -0.1) is 11.3 Å². The normalized spacial score (nSPS) is 13.5. The maximum absolute atomic E-state index is 11.9. The topological polar surface area (TPSA) is 35.2 Å². The first-order valence-electron chi connectivity index (χ1n) is 3.98. The number of ether oxygens (including phenoxy) is 1. The molecule has 0 aliphatic rings. The lowest BCUT2D eigenvalue weighted by Crippen LogP contribution is -2.17. The van der Waals surface area contributed by atoms with Gasteiger partial charge in [-0.2, -0.15) is 0 Å². The second kappa shape index (κ2) is 5.60. The number of thiophene rings is 1. The Morgan fingerprint density at radius 3 is 2.64 bits per heavy atom. The van der Waals surface area contributed by atoms with Crippen molar-refractivity contribution >= 4 is 22.9 Å². The molecule has 0 aromatic carbocycles. The van der Waals surface area contributed by atoms with Crippen molar-refractivity contribution in [1.29, 1.82) is 0 Å². The minimum Gasteiger partial charge on any atom is -0.365 e. The maximum atomic E-state index is 11.9. The fourth-order valence-corrected chi connectivity index (χ4v) is 2.08. The zero-order valence-corrected chi connectivity index (χ0v) is 8.82. The summed E-state index contributed by atoms with van der Waals surface area (Å²) in [5.74, 6) is 0. The molecule has 1 heterocycles. The summed E-state index contributed by atoms with van der Waals surface area (Å²) in [4.78, 5) is 0.776. The number of hydrogen-bond donors (Lipinski definition) is 1. The van der Waals surface area contributed by atoms with Gasteiger partial charge < -0.3 is 10.5 Å². The van der Waals surface area contributed by atoms with Crippen LogP contribution in [0.1, 0.15) is 11.0 Å². The number of halogens is 3. The highest BCUT2D eigenvalue weighted by atomic mass is 35.5. The van der Waals surface area contributed by atoms with Crippen molar-refractivity contribution < 1.29 is 13.5 Å². The molecule has 0 saturated heterocycles. The van der Waals surface area contributed by atoms with Crippen LogP contribution < -0.4 is 5.73 Å². The molecule has 0 amide bonds. The molecule has 0 spiro atoms. The van der Waals surface area contributed by atoms with Gasteiger partial charge in [0.05, 0.1) is 4.34 Å². The van der Waals surface area contributed by atoms with Crippen LogP contribution in [0.3, 0.4) is 0 Å². The first-order valence-corrected chi connectivity index (χ1v) is 5.18. The molecule has 6 heteroatoms. The Kier molecular flexibility index (Phi) is 4.74. The molecular formula is C8H10ClF2NOS. The van der Waals surface area contributed by atoms with Gasteiger partial charge in [0.15, 0.2) is 0 Å². The van der Waals surface area contributed by atoms with Gasteiger partial charge >= 0.3 is 0 Å². The Morgan fingerprint density at radius 1 is 1.50 bits per heavy atom. The molecule has 0 aliphatic carbocycles. The van der Waals surface area contributed by atoms with Gasteiger partial charge in [0, 0.05) is 11.4 Å². The van der Waals surface area contributed by atoms with E-state index in [4.69, 9.17) is 22.1 Å². The summed E-state index contributed by atoms with van der Waals surface area (Å²) < 4.78 is 29.3. The van der Waals surface area contributed by atoms with E-state index in [9.17, 15) is 8.78 Å². The Labute approximate surface area is 89.6 Å². The Balaban J connectivity index is 2.54. The summed E-state index contributed by atoms with van der Waals surface area (Å²) in [6.07, 6.45) is -2.96. The van der Waals surface area contributed by atoms with Crippen molar-refractivity contribution in [3.05, 3.63) is 21.3 Å². The predicted molar refractivity (Wildman–Crippen MR) is 53.1 cm³/mol. The summed E-state index contributed by atoms with van der Waals surface area (Å²) in [6, 6.07) is 3.42. The van der Waals surface area contributed by atoms with E-state index in [0.717, 1.165) is 4.88 Å². The van der Waals surface area contributed by atoms with Crippen LogP contribution in [0.25, 0.3) is 0 Å². The third kappa shape index (κ3) is 3.49. The third-order valence-electron chi connectivity index (χ3n) is 1.55. The van der Waals surface area contributed by atoms with E-state index in [2.05, 4.69) is 0 Å². The van der Waals surface area contributed by atoms with Crippen LogP contribution in [0.4, 0.5) is 8.78 Å². The molecule has 1 aromatic heterocycles. The molecule has 1 rings (SSSR count). The molecule has 0 bridgehead atoms. The van der Waals surface area contributed by atoms with Crippen LogP contribution >= 0.6 is 22.9 Å². The summed E-state index contributed by atoms with van der Waals surface area (Å²) >= 11 is 6.99. The molecule has 80 valence electrons. The first kappa shape index (κ1) is 11.8. The lowest BCUT2D eigenvalue weighted by atomic mass is 10.3. The van der Waals surface area contributed by atoms with Gasteiger partial charge in [-0.3, -0.25) is 0 Å². The fourth-order valence-electron chi connectivity index (χ4n) is 0.957. The number of rotatable bonds is 5. The van der Waals surface area contributed by atoms with Crippen LogP contribution in [-0.4, -0.2) is 19.6 Å². The zero-order chi connectivity index (χ0) is 10.6. The van der Waals surface area contributed by atoms with Crippen LogP contribution in [0, 0.1) is 0 Å². The second-order valence-electron chi connectivity index (χ2n) is 2.59. The first-order chi connectivity index (χ1) is 6.63. The van der Waals surface area contributed by atoms with Crippen molar-refractivity contribution in [1.82, 2.24) is 0 Å². The molecule has 1 unspecified atom stereocenters. The standard InChI is InChI=1S/C8H10ClF2NOS/c9-7-2-1-6(14-7)5(3-12)13-4-8(10)11/h1-2,5,8H,3-4,12H2. The lowest BCUT2D eigenvalue weighted by Gasteiger charge is -2.13. The van der Waals surface area contributed by atoms with Gasteiger partial charge in [-0.25, -0.2) is 8.78 Å². The number of alkyl halides is 2. The van der Waals surface area contributed by atoms with Crippen LogP contribution in [0.15, 0.2) is 12.1 Å². The van der Waals surface area contributed by atoms with Crippen molar-refractivity contribution in [2.75, 3.05) is 13.2 Å². The van der Waals surface area contributed by atoms with Crippen molar-refractivity contribution in [3.8, 4) is 0 Å². The average Bonchev–Trinajstić information content (AvgIpc) is 2.53. The van der Waals surface area contributed by atoms with Crippen LogP contribution in [0.5, 0.6) is 0 Å². The highest BCUT2D eigenvalue weighted by Gasteiger charge is 2.14. The fraction of sp³-hybridized carbons (Fsp3) is 0.500. The highest BCUT2D eigenvalue weighted by molar-refractivity contribution is 7.16. The zero-order valence-electron chi connectivity index (χ0n) is 7.25. The van der Waals surface area contributed by atoms with Crippen molar-refractivity contribution in [3.63, 3.8) is 0 Å². The van der Waals surface area contributed by atoms with Gasteiger partial charge in [0.1, 0.15) is 12.7 Å². The Hall–Kier alpha value is -0.230. The molecule has 0 radical (unpaired) electrons. The Bertz CT molecular complexity index is 282. The quantitative estimate of drug-likeness (QED) is 0.860. The Morgan fingerprint density at radius 2 is 2.21 bits per heavy atom. The second-order valence-corrected chi connectivity index (χ2v) is 4.34. The van der Waals surface area contributed by atoms with Crippen LogP contribution in [0.2, 0.25) is 4.34 Å². The summed E-state index contributed by atoms with van der Waals surface area (Å²) in [7, 11) is 0. The molecule has 1 atom stereocenters. The van der Waals surface area contributed by atoms with E-state index < -0.39 is 19.1 Å². The van der Waals surface area contributed by atoms with Gasteiger partial charge in [-0.1, -0.05) is 11.6 Å². The summed E-state index contributed by atoms with van der Waals surface area (Å²) in [6.45, 7) is -0.430. The monoisotopic (exact) mass is 241 g/mol. The van der Waals surface area contributed by atoms with Crippen LogP contribution in [-0.2, 0) is 4.74 Å². The highest BCUT2D eigenvalue weighted by Crippen LogP contribution is 2.28. The smallest absolute Gasteiger partial charge is 0.261 e. The van der Waals surface area contributed by atoms with E-state index >= 15 is 0 Å². The summed E-state index contributed by atoms with van der Waals surface area (Å²) in [5, 5.41) is 0. The van der Waals surface area contributed by atoms with E-state index in [0.29, 0.717) is 4.34 Å². The lowest BCUT2D eigenvalue weighted by molar-refractivity contribution is -0.0204. The van der Waals surface area contributed by atoms with Gasteiger partial charge in [0.2, 0.25) is 0 Å². The van der Waals surface area contributed by atoms with Crippen molar-refractivity contribution in [2.24, 2.45) is 5.73 Å². The van der Waals surface area contributed by atoms with Crippen molar-refractivity contribution in [2.45, 2.75) is 12.5 Å². The maximum Gasteiger partial charge on any atom is 0.261 e. The molecule has 1 aromatic rings. The van der Waals surface area contributed by atoms with Gasteiger partial charge in [-0.05, 0) is 12.1 Å². The minimum atomic E-state index is -2.47. The molecular weight excluding hydrogens is 232 g/mol. The van der Waals surface area contributed by atoms with E-state index in [1.807, 2.05) is 0 Å². The van der Waals surface area contributed by atoms with E-state index in [1.54, 1.807) is 12.1 Å². The molecule has 14 heavy (non-hydrogen) atoms. The minimum absolute atomic E-state index is 0.170. The molecule has 0 fully saturated rings. The molecule has 2 nitrogen and oxygen atoms in total. The summed E-state index contributed by atoms with van der Waals surface area (Å²) in [5.41, 5.74) is 5.39. The molecule has 0 saturated carbocycles. The van der Waals surface area contributed by atoms with Gasteiger partial charge in [0.25, 0.3) is 6.43 Å². The average molecular weight is 242 g/mol.